The number of pyridine rings is 1. The molecule has 1 fully saturated rings. The minimum atomic E-state index is -0.200. The number of halogens is 1. The van der Waals surface area contributed by atoms with Crippen LogP contribution in [0.4, 0.5) is 4.39 Å². The van der Waals surface area contributed by atoms with Crippen LogP contribution in [-0.4, -0.2) is 53.4 Å². The third kappa shape index (κ3) is 3.98. The van der Waals surface area contributed by atoms with Crippen molar-refractivity contribution < 1.29 is 9.18 Å². The summed E-state index contributed by atoms with van der Waals surface area (Å²) in [6, 6.07) is 16.3. The molecule has 1 aliphatic rings. The number of hydrogen-bond donors (Lipinski definition) is 0. The topological polar surface area (TPSA) is 36.4 Å². The summed E-state index contributed by atoms with van der Waals surface area (Å²) in [6.45, 7) is 4.05. The first-order valence-electron chi connectivity index (χ1n) is 9.30. The zero-order valence-corrected chi connectivity index (χ0v) is 15.1. The molecule has 1 amide bonds. The van der Waals surface area contributed by atoms with Crippen molar-refractivity contribution in [3.05, 3.63) is 77.7 Å². The van der Waals surface area contributed by atoms with E-state index in [1.165, 1.54) is 12.1 Å². The Morgan fingerprint density at radius 1 is 0.963 bits per heavy atom. The van der Waals surface area contributed by atoms with Gasteiger partial charge in [-0.15, -0.1) is 0 Å². The van der Waals surface area contributed by atoms with Gasteiger partial charge in [-0.1, -0.05) is 30.3 Å². The minimum Gasteiger partial charge on any atom is -0.336 e. The van der Waals surface area contributed by atoms with E-state index in [0.29, 0.717) is 18.7 Å². The molecule has 0 atom stereocenters. The molecule has 2 heterocycles. The third-order valence-electron chi connectivity index (χ3n) is 5.15. The molecule has 0 spiro atoms. The summed E-state index contributed by atoms with van der Waals surface area (Å²) in [5, 5.41) is 0.987. The Kier molecular flexibility index (Phi) is 5.12. The number of carbonyl (C=O) groups is 1. The maximum atomic E-state index is 13.0. The van der Waals surface area contributed by atoms with E-state index < -0.39 is 0 Å². The van der Waals surface area contributed by atoms with Crippen LogP contribution in [0.1, 0.15) is 15.9 Å². The van der Waals surface area contributed by atoms with Gasteiger partial charge in [0.2, 0.25) is 0 Å². The number of amides is 1. The molecule has 4 nitrogen and oxygen atoms in total. The molecule has 27 heavy (non-hydrogen) atoms. The molecule has 2 aromatic carbocycles. The lowest BCUT2D eigenvalue weighted by Gasteiger charge is -2.34. The van der Waals surface area contributed by atoms with Crippen LogP contribution in [0.3, 0.4) is 0 Å². The van der Waals surface area contributed by atoms with Crippen molar-refractivity contribution in [2.75, 3.05) is 32.7 Å². The van der Waals surface area contributed by atoms with E-state index in [1.54, 1.807) is 6.20 Å². The summed E-state index contributed by atoms with van der Waals surface area (Å²) in [5.41, 5.74) is 2.58. The predicted octanol–water partition coefficient (Wildman–Crippen LogP) is 3.37. The van der Waals surface area contributed by atoms with E-state index in [1.807, 2.05) is 47.4 Å². The Hall–Kier alpha value is -2.79. The first kappa shape index (κ1) is 17.6. The van der Waals surface area contributed by atoms with Gasteiger partial charge in [-0.3, -0.25) is 14.7 Å². The number of nitrogens with zero attached hydrogens (tertiary/aromatic N) is 3. The molecule has 3 aromatic rings. The average Bonchev–Trinajstić information content (AvgIpc) is 2.73. The normalized spacial score (nSPS) is 15.2. The number of rotatable bonds is 4. The van der Waals surface area contributed by atoms with Crippen LogP contribution in [0.25, 0.3) is 10.9 Å². The predicted molar refractivity (Wildman–Crippen MR) is 104 cm³/mol. The molecule has 0 saturated carbocycles. The van der Waals surface area contributed by atoms with Gasteiger partial charge in [0.05, 0.1) is 11.1 Å². The summed E-state index contributed by atoms with van der Waals surface area (Å²) in [4.78, 5) is 21.6. The lowest BCUT2D eigenvalue weighted by atomic mass is 10.1. The smallest absolute Gasteiger partial charge is 0.256 e. The molecule has 0 unspecified atom stereocenters. The fourth-order valence-electron chi connectivity index (χ4n) is 3.56. The second-order valence-corrected chi connectivity index (χ2v) is 6.89. The summed E-state index contributed by atoms with van der Waals surface area (Å²) in [5.74, 6) is -0.147. The largest absolute Gasteiger partial charge is 0.336 e. The van der Waals surface area contributed by atoms with Gasteiger partial charge < -0.3 is 4.90 Å². The van der Waals surface area contributed by atoms with Gasteiger partial charge in [0.1, 0.15) is 5.82 Å². The number of hydrogen-bond acceptors (Lipinski definition) is 3. The average molecular weight is 363 g/mol. The van der Waals surface area contributed by atoms with Gasteiger partial charge in [0, 0.05) is 44.3 Å². The van der Waals surface area contributed by atoms with Crippen LogP contribution < -0.4 is 0 Å². The number of aromatic nitrogens is 1. The molecule has 1 aliphatic heterocycles. The van der Waals surface area contributed by atoms with E-state index in [-0.39, 0.29) is 11.7 Å². The Balaban J connectivity index is 1.36. The second kappa shape index (κ2) is 7.84. The summed E-state index contributed by atoms with van der Waals surface area (Å²) < 4.78 is 13.0. The highest BCUT2D eigenvalue weighted by molar-refractivity contribution is 6.05. The summed E-state index contributed by atoms with van der Waals surface area (Å²) in [6.07, 6.45) is 2.62. The van der Waals surface area contributed by atoms with Crippen LogP contribution in [0.15, 0.2) is 60.8 Å². The Labute approximate surface area is 158 Å². The number of benzene rings is 2. The Bertz CT molecular complexity index is 928. The molecule has 4 rings (SSSR count). The van der Waals surface area contributed by atoms with Crippen LogP contribution >= 0.6 is 0 Å². The standard InChI is InChI=1S/C22H22FN3O/c23-19-8-6-17(7-9-19)10-12-25-13-15-26(16-14-25)22(27)20-5-1-3-18-4-2-11-24-21(18)20/h1-9,11H,10,12-16H2. The van der Waals surface area contributed by atoms with Gasteiger partial charge in [0.25, 0.3) is 5.91 Å². The highest BCUT2D eigenvalue weighted by Crippen LogP contribution is 2.18. The van der Waals surface area contributed by atoms with Crippen LogP contribution in [-0.2, 0) is 6.42 Å². The van der Waals surface area contributed by atoms with Gasteiger partial charge in [-0.25, -0.2) is 4.39 Å². The third-order valence-corrected chi connectivity index (χ3v) is 5.15. The summed E-state index contributed by atoms with van der Waals surface area (Å²) in [7, 11) is 0. The zero-order chi connectivity index (χ0) is 18.6. The van der Waals surface area contributed by atoms with Gasteiger partial charge in [-0.2, -0.15) is 0 Å². The molecule has 5 heteroatoms. The number of carbonyl (C=O) groups excluding carboxylic acids is 1. The SMILES string of the molecule is O=C(c1cccc2cccnc12)N1CCN(CCc2ccc(F)cc2)CC1. The van der Waals surface area contributed by atoms with E-state index >= 15 is 0 Å². The quantitative estimate of drug-likeness (QED) is 0.713. The highest BCUT2D eigenvalue weighted by Gasteiger charge is 2.23. The molecular weight excluding hydrogens is 341 g/mol. The van der Waals surface area contributed by atoms with Crippen molar-refractivity contribution in [2.45, 2.75) is 6.42 Å². The van der Waals surface area contributed by atoms with Crippen molar-refractivity contribution in [2.24, 2.45) is 0 Å². The van der Waals surface area contributed by atoms with Gasteiger partial charge in [-0.05, 0) is 36.2 Å². The maximum absolute atomic E-state index is 13.0. The monoisotopic (exact) mass is 363 g/mol. The molecule has 0 aliphatic carbocycles. The minimum absolute atomic E-state index is 0.0532. The molecular formula is C22H22FN3O. The van der Waals surface area contributed by atoms with Gasteiger partial charge >= 0.3 is 0 Å². The maximum Gasteiger partial charge on any atom is 0.256 e. The fraction of sp³-hybridized carbons (Fsp3) is 0.273. The zero-order valence-electron chi connectivity index (χ0n) is 15.1. The second-order valence-electron chi connectivity index (χ2n) is 6.89. The van der Waals surface area contributed by atoms with Crippen LogP contribution in [0, 0.1) is 5.82 Å². The number of piperazine rings is 1. The van der Waals surface area contributed by atoms with Crippen molar-refractivity contribution in [3.8, 4) is 0 Å². The molecule has 138 valence electrons. The lowest BCUT2D eigenvalue weighted by Crippen LogP contribution is -2.49. The van der Waals surface area contributed by atoms with E-state index in [9.17, 15) is 9.18 Å². The Morgan fingerprint density at radius 3 is 2.48 bits per heavy atom. The molecule has 0 N–H and O–H groups in total. The van der Waals surface area contributed by atoms with E-state index in [0.717, 1.165) is 42.5 Å². The Morgan fingerprint density at radius 2 is 1.70 bits per heavy atom. The van der Waals surface area contributed by atoms with Crippen LogP contribution in [0.2, 0.25) is 0 Å². The van der Waals surface area contributed by atoms with E-state index in [2.05, 4.69) is 9.88 Å². The molecule has 1 aromatic heterocycles. The van der Waals surface area contributed by atoms with Crippen molar-refractivity contribution in [1.82, 2.24) is 14.8 Å². The number of para-hydroxylation sites is 1. The van der Waals surface area contributed by atoms with Gasteiger partial charge in [0.15, 0.2) is 0 Å². The first-order valence-corrected chi connectivity index (χ1v) is 9.30. The van der Waals surface area contributed by atoms with Crippen molar-refractivity contribution >= 4 is 16.8 Å². The molecule has 0 radical (unpaired) electrons. The van der Waals surface area contributed by atoms with Crippen molar-refractivity contribution in [3.63, 3.8) is 0 Å². The van der Waals surface area contributed by atoms with Crippen LogP contribution in [0.5, 0.6) is 0 Å². The molecule has 1 saturated heterocycles. The summed E-state index contributed by atoms with van der Waals surface area (Å²) >= 11 is 0. The molecule has 0 bridgehead atoms. The first-order chi connectivity index (χ1) is 13.2. The van der Waals surface area contributed by atoms with E-state index in [4.69, 9.17) is 0 Å². The highest BCUT2D eigenvalue weighted by atomic mass is 19.1. The number of fused-ring (bicyclic) bond motifs is 1. The fourth-order valence-corrected chi connectivity index (χ4v) is 3.56. The lowest BCUT2D eigenvalue weighted by molar-refractivity contribution is 0.0640. The van der Waals surface area contributed by atoms with Crippen molar-refractivity contribution in [1.29, 1.82) is 0 Å².